The van der Waals surface area contributed by atoms with Crippen LogP contribution in [0.25, 0.3) is 0 Å². The summed E-state index contributed by atoms with van der Waals surface area (Å²) in [6.07, 6.45) is 3.66. The quantitative estimate of drug-likeness (QED) is 0.801. The zero-order chi connectivity index (χ0) is 13.5. The number of ether oxygens (including phenoxy) is 1. The second kappa shape index (κ2) is 6.73. The first-order valence-corrected chi connectivity index (χ1v) is 6.56. The predicted molar refractivity (Wildman–Crippen MR) is 76.9 cm³/mol. The van der Waals surface area contributed by atoms with E-state index < -0.39 is 0 Å². The number of nitrogens with zero attached hydrogens (tertiary/aromatic N) is 2. The van der Waals surface area contributed by atoms with Crippen molar-refractivity contribution in [1.82, 2.24) is 9.97 Å². The molecule has 19 heavy (non-hydrogen) atoms. The summed E-state index contributed by atoms with van der Waals surface area (Å²) in [6.45, 7) is 4.88. The molecule has 0 aliphatic rings. The predicted octanol–water partition coefficient (Wildman–Crippen LogP) is 3.71. The second-order valence-corrected chi connectivity index (χ2v) is 4.44. The van der Waals surface area contributed by atoms with Crippen LogP contribution in [0.1, 0.15) is 25.3 Å². The molecule has 100 valence electrons. The molecule has 0 aliphatic heterocycles. The SMILES string of the molecule is CCCCOc1cc(Nc2cccc(C)c2)ncn1. The van der Waals surface area contributed by atoms with Gasteiger partial charge in [-0.2, -0.15) is 0 Å². The van der Waals surface area contributed by atoms with E-state index in [1.165, 1.54) is 11.9 Å². The summed E-state index contributed by atoms with van der Waals surface area (Å²) in [5, 5.41) is 3.24. The Kier molecular flexibility index (Phi) is 4.72. The Morgan fingerprint density at radius 2 is 2.11 bits per heavy atom. The topological polar surface area (TPSA) is 47.0 Å². The first kappa shape index (κ1) is 13.3. The molecule has 0 spiro atoms. The number of nitrogens with one attached hydrogen (secondary N) is 1. The van der Waals surface area contributed by atoms with Gasteiger partial charge < -0.3 is 10.1 Å². The third-order valence-electron chi connectivity index (χ3n) is 2.68. The Morgan fingerprint density at radius 3 is 2.89 bits per heavy atom. The number of hydrogen-bond acceptors (Lipinski definition) is 4. The third kappa shape index (κ3) is 4.25. The van der Waals surface area contributed by atoms with E-state index in [4.69, 9.17) is 4.74 Å². The average Bonchev–Trinajstić information content (AvgIpc) is 2.39. The fourth-order valence-electron chi connectivity index (χ4n) is 1.68. The Labute approximate surface area is 113 Å². The minimum Gasteiger partial charge on any atom is -0.478 e. The van der Waals surface area contributed by atoms with Crippen LogP contribution >= 0.6 is 0 Å². The van der Waals surface area contributed by atoms with Gasteiger partial charge in [-0.3, -0.25) is 0 Å². The lowest BCUT2D eigenvalue weighted by Crippen LogP contribution is -2.00. The molecular formula is C15H19N3O. The Morgan fingerprint density at radius 1 is 1.21 bits per heavy atom. The van der Waals surface area contributed by atoms with Crippen LogP contribution in [-0.2, 0) is 0 Å². The Hall–Kier alpha value is -2.10. The van der Waals surface area contributed by atoms with Crippen LogP contribution in [0.5, 0.6) is 5.88 Å². The molecule has 2 aromatic rings. The van der Waals surface area contributed by atoms with Crippen molar-refractivity contribution >= 4 is 11.5 Å². The van der Waals surface area contributed by atoms with Crippen LogP contribution < -0.4 is 10.1 Å². The number of hydrogen-bond donors (Lipinski definition) is 1. The summed E-state index contributed by atoms with van der Waals surface area (Å²) < 4.78 is 5.56. The third-order valence-corrected chi connectivity index (χ3v) is 2.68. The maximum absolute atomic E-state index is 5.56. The molecule has 1 N–H and O–H groups in total. The molecule has 1 heterocycles. The zero-order valence-electron chi connectivity index (χ0n) is 11.4. The molecule has 1 aromatic carbocycles. The summed E-state index contributed by atoms with van der Waals surface area (Å²) in [6, 6.07) is 9.96. The smallest absolute Gasteiger partial charge is 0.218 e. The van der Waals surface area contributed by atoms with E-state index in [1.54, 1.807) is 0 Å². The van der Waals surface area contributed by atoms with Gasteiger partial charge in [0.25, 0.3) is 0 Å². The van der Waals surface area contributed by atoms with Crippen molar-refractivity contribution in [3.63, 3.8) is 0 Å². The fourth-order valence-corrected chi connectivity index (χ4v) is 1.68. The number of anilines is 2. The first-order chi connectivity index (χ1) is 9.28. The average molecular weight is 257 g/mol. The lowest BCUT2D eigenvalue weighted by molar-refractivity contribution is 0.297. The normalized spacial score (nSPS) is 10.2. The van der Waals surface area contributed by atoms with Gasteiger partial charge in [0.05, 0.1) is 6.61 Å². The molecule has 0 saturated heterocycles. The number of benzene rings is 1. The first-order valence-electron chi connectivity index (χ1n) is 6.56. The van der Waals surface area contributed by atoms with Crippen molar-refractivity contribution in [3.8, 4) is 5.88 Å². The number of aromatic nitrogens is 2. The van der Waals surface area contributed by atoms with Crippen molar-refractivity contribution in [3.05, 3.63) is 42.2 Å². The van der Waals surface area contributed by atoms with E-state index in [0.717, 1.165) is 24.3 Å². The van der Waals surface area contributed by atoms with Crippen LogP contribution in [0.3, 0.4) is 0 Å². The van der Waals surface area contributed by atoms with Gasteiger partial charge in [0, 0.05) is 11.8 Å². The van der Waals surface area contributed by atoms with Gasteiger partial charge in [-0.1, -0.05) is 25.5 Å². The van der Waals surface area contributed by atoms with Gasteiger partial charge >= 0.3 is 0 Å². The molecule has 2 rings (SSSR count). The maximum Gasteiger partial charge on any atom is 0.218 e. The van der Waals surface area contributed by atoms with Crippen LogP contribution in [0, 0.1) is 6.92 Å². The molecule has 0 fully saturated rings. The highest BCUT2D eigenvalue weighted by atomic mass is 16.5. The van der Waals surface area contributed by atoms with Gasteiger partial charge in [-0.05, 0) is 31.0 Å². The maximum atomic E-state index is 5.56. The van der Waals surface area contributed by atoms with E-state index in [1.807, 2.05) is 18.2 Å². The van der Waals surface area contributed by atoms with Crippen molar-refractivity contribution in [2.24, 2.45) is 0 Å². The Balaban J connectivity index is 2.02. The van der Waals surface area contributed by atoms with Crippen LogP contribution in [0.2, 0.25) is 0 Å². The molecule has 4 heteroatoms. The van der Waals surface area contributed by atoms with Gasteiger partial charge in [-0.25, -0.2) is 9.97 Å². The van der Waals surface area contributed by atoms with Crippen molar-refractivity contribution in [2.75, 3.05) is 11.9 Å². The lowest BCUT2D eigenvalue weighted by Gasteiger charge is -2.08. The summed E-state index contributed by atoms with van der Waals surface area (Å²) in [7, 11) is 0. The van der Waals surface area contributed by atoms with Crippen molar-refractivity contribution in [1.29, 1.82) is 0 Å². The molecule has 0 bridgehead atoms. The standard InChI is InChI=1S/C15H19N3O/c1-3-4-8-19-15-10-14(16-11-17-15)18-13-7-5-6-12(2)9-13/h5-7,9-11H,3-4,8H2,1-2H3,(H,16,17,18). The van der Waals surface area contributed by atoms with Gasteiger partial charge in [-0.15, -0.1) is 0 Å². The zero-order valence-corrected chi connectivity index (χ0v) is 11.4. The summed E-state index contributed by atoms with van der Waals surface area (Å²) >= 11 is 0. The monoisotopic (exact) mass is 257 g/mol. The van der Waals surface area contributed by atoms with E-state index in [-0.39, 0.29) is 0 Å². The fraction of sp³-hybridized carbons (Fsp3) is 0.333. The molecule has 0 aliphatic carbocycles. The molecule has 1 aromatic heterocycles. The Bertz CT molecular complexity index is 528. The van der Waals surface area contributed by atoms with Gasteiger partial charge in [0.2, 0.25) is 5.88 Å². The van der Waals surface area contributed by atoms with Crippen LogP contribution in [-0.4, -0.2) is 16.6 Å². The number of aryl methyl sites for hydroxylation is 1. The molecule has 0 saturated carbocycles. The lowest BCUT2D eigenvalue weighted by atomic mass is 10.2. The molecule has 0 amide bonds. The van der Waals surface area contributed by atoms with Crippen LogP contribution in [0.4, 0.5) is 11.5 Å². The highest BCUT2D eigenvalue weighted by Gasteiger charge is 2.00. The highest BCUT2D eigenvalue weighted by Crippen LogP contribution is 2.18. The number of rotatable bonds is 6. The van der Waals surface area contributed by atoms with E-state index >= 15 is 0 Å². The minimum atomic E-state index is 0.610. The molecule has 0 radical (unpaired) electrons. The van der Waals surface area contributed by atoms with E-state index in [2.05, 4.69) is 41.3 Å². The van der Waals surface area contributed by atoms with Gasteiger partial charge in [0.1, 0.15) is 12.1 Å². The molecular weight excluding hydrogens is 238 g/mol. The van der Waals surface area contributed by atoms with Crippen LogP contribution in [0.15, 0.2) is 36.7 Å². The van der Waals surface area contributed by atoms with Gasteiger partial charge in [0.15, 0.2) is 0 Å². The summed E-state index contributed by atoms with van der Waals surface area (Å²) in [5.74, 6) is 1.35. The van der Waals surface area contributed by atoms with Crippen molar-refractivity contribution < 1.29 is 4.74 Å². The molecule has 4 nitrogen and oxygen atoms in total. The van der Waals surface area contributed by atoms with E-state index in [0.29, 0.717) is 12.5 Å². The van der Waals surface area contributed by atoms with E-state index in [9.17, 15) is 0 Å². The molecule has 0 atom stereocenters. The highest BCUT2D eigenvalue weighted by molar-refractivity contribution is 5.57. The molecule has 0 unspecified atom stereocenters. The minimum absolute atomic E-state index is 0.610. The second-order valence-electron chi connectivity index (χ2n) is 4.44. The van der Waals surface area contributed by atoms with Crippen molar-refractivity contribution in [2.45, 2.75) is 26.7 Å². The largest absolute Gasteiger partial charge is 0.478 e. The summed E-state index contributed by atoms with van der Waals surface area (Å²) in [5.41, 5.74) is 2.22. The number of unbranched alkanes of at least 4 members (excludes halogenated alkanes) is 1. The summed E-state index contributed by atoms with van der Waals surface area (Å²) in [4.78, 5) is 8.29.